The third kappa shape index (κ3) is 4.60. The number of nitrogens with zero attached hydrogens (tertiary/aromatic N) is 2. The molecule has 3 aromatic rings. The van der Waals surface area contributed by atoms with Gasteiger partial charge in [-0.2, -0.15) is 0 Å². The maximum Gasteiger partial charge on any atom is 0.276 e. The van der Waals surface area contributed by atoms with Crippen LogP contribution in [0, 0.1) is 6.92 Å². The Labute approximate surface area is 193 Å². The lowest BCUT2D eigenvalue weighted by molar-refractivity contribution is 0.0303. The summed E-state index contributed by atoms with van der Waals surface area (Å²) in [7, 11) is 0. The van der Waals surface area contributed by atoms with Gasteiger partial charge < -0.3 is 15.0 Å². The number of pyridine rings is 1. The Morgan fingerprint density at radius 2 is 1.81 bits per heavy atom. The predicted octanol–water partition coefficient (Wildman–Crippen LogP) is 5.15. The number of rotatable bonds is 4. The number of ether oxygens (including phenoxy) is 1. The molecule has 9 heteroatoms. The fourth-order valence-corrected chi connectivity index (χ4v) is 4.93. The van der Waals surface area contributed by atoms with Crippen LogP contribution in [0.4, 0.5) is 5.00 Å². The van der Waals surface area contributed by atoms with Crippen molar-refractivity contribution in [2.75, 3.05) is 31.6 Å². The summed E-state index contributed by atoms with van der Waals surface area (Å²) in [6.07, 6.45) is 0. The van der Waals surface area contributed by atoms with Crippen LogP contribution in [0.1, 0.15) is 26.4 Å². The molecular formula is C22H19Cl2N3O3S. The Hall–Kier alpha value is -2.45. The topological polar surface area (TPSA) is 71.5 Å². The zero-order chi connectivity index (χ0) is 22.0. The van der Waals surface area contributed by atoms with Gasteiger partial charge in [0.1, 0.15) is 15.8 Å². The van der Waals surface area contributed by atoms with Gasteiger partial charge in [-0.3, -0.25) is 9.59 Å². The fourth-order valence-electron chi connectivity index (χ4n) is 3.39. The number of nitrogens with one attached hydrogen (secondary N) is 1. The van der Waals surface area contributed by atoms with E-state index in [0.717, 1.165) is 16.0 Å². The number of carbonyl (C=O) groups excluding carboxylic acids is 2. The number of anilines is 1. The van der Waals surface area contributed by atoms with E-state index < -0.39 is 5.91 Å². The third-order valence-electron chi connectivity index (χ3n) is 4.95. The molecule has 0 aliphatic carbocycles. The van der Waals surface area contributed by atoms with E-state index >= 15 is 0 Å². The first-order chi connectivity index (χ1) is 15.0. The van der Waals surface area contributed by atoms with Crippen molar-refractivity contribution < 1.29 is 14.3 Å². The predicted molar refractivity (Wildman–Crippen MR) is 123 cm³/mol. The van der Waals surface area contributed by atoms with Crippen LogP contribution in [0.25, 0.3) is 10.4 Å². The van der Waals surface area contributed by atoms with Crippen LogP contribution in [-0.4, -0.2) is 48.0 Å². The van der Waals surface area contributed by atoms with Gasteiger partial charge in [0.25, 0.3) is 11.8 Å². The van der Waals surface area contributed by atoms with E-state index in [2.05, 4.69) is 10.3 Å². The zero-order valence-electron chi connectivity index (χ0n) is 16.7. The smallest absolute Gasteiger partial charge is 0.276 e. The number of morpholine rings is 1. The van der Waals surface area contributed by atoms with Crippen LogP contribution in [0.3, 0.4) is 0 Å². The van der Waals surface area contributed by atoms with Crippen LogP contribution in [0.15, 0.2) is 42.5 Å². The Morgan fingerprint density at radius 1 is 1.10 bits per heavy atom. The van der Waals surface area contributed by atoms with Crippen molar-refractivity contribution in [3.8, 4) is 10.4 Å². The second-order valence-corrected chi connectivity index (χ2v) is 8.76. The minimum Gasteiger partial charge on any atom is -0.378 e. The van der Waals surface area contributed by atoms with Crippen LogP contribution < -0.4 is 5.32 Å². The van der Waals surface area contributed by atoms with Crippen molar-refractivity contribution in [3.05, 3.63) is 69.5 Å². The normalized spacial score (nSPS) is 13.8. The summed E-state index contributed by atoms with van der Waals surface area (Å²) in [6.45, 7) is 3.88. The SMILES string of the molecule is Cc1c(-c2ccccc2)sc(NC(=O)c2nc(Cl)ccc2Cl)c1C(=O)N1CCOCC1. The molecule has 1 saturated heterocycles. The Bertz CT molecular complexity index is 1130. The standard InChI is InChI=1S/C22H19Cl2N3O3S/c1-13-17(22(29)27-9-11-30-12-10-27)21(31-19(13)14-5-3-2-4-6-14)26-20(28)18-15(23)7-8-16(24)25-18/h2-8H,9-12H2,1H3,(H,26,28). The number of amides is 2. The molecule has 2 amide bonds. The first-order valence-corrected chi connectivity index (χ1v) is 11.2. The number of hydrogen-bond donors (Lipinski definition) is 1. The Kier molecular flexibility index (Phi) is 6.57. The fraction of sp³-hybridized carbons (Fsp3) is 0.227. The Morgan fingerprint density at radius 3 is 2.52 bits per heavy atom. The average molecular weight is 476 g/mol. The molecule has 1 N–H and O–H groups in total. The summed E-state index contributed by atoms with van der Waals surface area (Å²) in [5, 5.41) is 3.63. The van der Waals surface area contributed by atoms with Gasteiger partial charge in [0.2, 0.25) is 0 Å². The molecule has 3 heterocycles. The number of benzene rings is 1. The summed E-state index contributed by atoms with van der Waals surface area (Å²) < 4.78 is 5.37. The van der Waals surface area contributed by atoms with E-state index in [1.165, 1.54) is 23.5 Å². The molecule has 0 saturated carbocycles. The molecule has 1 aliphatic rings. The number of thiophene rings is 1. The lowest BCUT2D eigenvalue weighted by atomic mass is 10.1. The summed E-state index contributed by atoms with van der Waals surface area (Å²) in [5.41, 5.74) is 2.26. The van der Waals surface area contributed by atoms with Gasteiger partial charge >= 0.3 is 0 Å². The van der Waals surface area contributed by atoms with Crippen molar-refractivity contribution in [1.29, 1.82) is 0 Å². The van der Waals surface area contributed by atoms with Crippen molar-refractivity contribution in [2.24, 2.45) is 0 Å². The highest BCUT2D eigenvalue weighted by molar-refractivity contribution is 7.20. The largest absolute Gasteiger partial charge is 0.378 e. The third-order valence-corrected chi connectivity index (χ3v) is 6.72. The maximum absolute atomic E-state index is 13.4. The van der Waals surface area contributed by atoms with E-state index in [0.29, 0.717) is 36.9 Å². The maximum atomic E-state index is 13.4. The number of aromatic nitrogens is 1. The second-order valence-electron chi connectivity index (χ2n) is 6.95. The Balaban J connectivity index is 1.75. The molecule has 0 spiro atoms. The molecule has 1 aromatic carbocycles. The molecule has 0 atom stereocenters. The van der Waals surface area contributed by atoms with Gasteiger partial charge in [-0.05, 0) is 30.2 Å². The molecule has 0 radical (unpaired) electrons. The van der Waals surface area contributed by atoms with Crippen LogP contribution in [0.2, 0.25) is 10.2 Å². The van der Waals surface area contributed by atoms with Gasteiger partial charge in [0, 0.05) is 18.0 Å². The van der Waals surface area contributed by atoms with E-state index in [1.54, 1.807) is 4.90 Å². The second kappa shape index (κ2) is 9.36. The molecule has 2 aromatic heterocycles. The highest BCUT2D eigenvalue weighted by atomic mass is 35.5. The van der Waals surface area contributed by atoms with E-state index in [4.69, 9.17) is 27.9 Å². The first-order valence-electron chi connectivity index (χ1n) is 9.65. The quantitative estimate of drug-likeness (QED) is 0.529. The monoisotopic (exact) mass is 475 g/mol. The van der Waals surface area contributed by atoms with Crippen molar-refractivity contribution >= 4 is 51.4 Å². The van der Waals surface area contributed by atoms with Crippen molar-refractivity contribution in [2.45, 2.75) is 6.92 Å². The molecule has 0 unspecified atom stereocenters. The van der Waals surface area contributed by atoms with Gasteiger partial charge in [0.15, 0.2) is 0 Å². The molecule has 31 heavy (non-hydrogen) atoms. The number of carbonyl (C=O) groups is 2. The molecule has 160 valence electrons. The molecular weight excluding hydrogens is 457 g/mol. The van der Waals surface area contributed by atoms with Gasteiger partial charge in [-0.1, -0.05) is 53.5 Å². The van der Waals surface area contributed by atoms with E-state index in [9.17, 15) is 9.59 Å². The first kappa shape index (κ1) is 21.8. The molecule has 6 nitrogen and oxygen atoms in total. The lowest BCUT2D eigenvalue weighted by Gasteiger charge is -2.27. The summed E-state index contributed by atoms with van der Waals surface area (Å²) in [5.74, 6) is -0.663. The van der Waals surface area contributed by atoms with Gasteiger partial charge in [-0.15, -0.1) is 11.3 Å². The van der Waals surface area contributed by atoms with Crippen molar-refractivity contribution in [1.82, 2.24) is 9.88 Å². The van der Waals surface area contributed by atoms with Gasteiger partial charge in [0.05, 0.1) is 23.8 Å². The number of halogens is 2. The molecule has 1 aliphatic heterocycles. The average Bonchev–Trinajstić information content (AvgIpc) is 3.11. The summed E-state index contributed by atoms with van der Waals surface area (Å²) >= 11 is 13.4. The minimum absolute atomic E-state index is 0.00579. The van der Waals surface area contributed by atoms with Crippen molar-refractivity contribution in [3.63, 3.8) is 0 Å². The minimum atomic E-state index is -0.524. The molecule has 0 bridgehead atoms. The van der Waals surface area contributed by atoms with Crippen LogP contribution in [-0.2, 0) is 4.74 Å². The summed E-state index contributed by atoms with van der Waals surface area (Å²) in [4.78, 5) is 33.0. The van der Waals surface area contributed by atoms with Crippen LogP contribution >= 0.6 is 34.5 Å². The highest BCUT2D eigenvalue weighted by Gasteiger charge is 2.28. The molecule has 1 fully saturated rings. The number of hydrogen-bond acceptors (Lipinski definition) is 5. The van der Waals surface area contributed by atoms with E-state index in [-0.39, 0.29) is 21.8 Å². The zero-order valence-corrected chi connectivity index (χ0v) is 19.0. The highest BCUT2D eigenvalue weighted by Crippen LogP contribution is 2.41. The summed E-state index contributed by atoms with van der Waals surface area (Å²) in [6, 6.07) is 12.8. The lowest BCUT2D eigenvalue weighted by Crippen LogP contribution is -2.41. The van der Waals surface area contributed by atoms with Crippen LogP contribution in [0.5, 0.6) is 0 Å². The van der Waals surface area contributed by atoms with E-state index in [1.807, 2.05) is 37.3 Å². The van der Waals surface area contributed by atoms with Gasteiger partial charge in [-0.25, -0.2) is 4.98 Å². The molecule has 4 rings (SSSR count).